The highest BCUT2D eigenvalue weighted by atomic mass is 79.9. The lowest BCUT2D eigenvalue weighted by molar-refractivity contribution is 0.505. The number of nitrogens with two attached hydrogens (primary N) is 1. The van der Waals surface area contributed by atoms with Crippen LogP contribution in [-0.4, -0.2) is 0 Å². The summed E-state index contributed by atoms with van der Waals surface area (Å²) in [6, 6.07) is 7.45. The van der Waals surface area contributed by atoms with Gasteiger partial charge in [-0.2, -0.15) is 0 Å². The zero-order chi connectivity index (χ0) is 14.0. The molecule has 0 aliphatic rings. The van der Waals surface area contributed by atoms with Gasteiger partial charge in [-0.3, -0.25) is 0 Å². The summed E-state index contributed by atoms with van der Waals surface area (Å²) in [5.74, 6) is -2.22. The van der Waals surface area contributed by atoms with E-state index < -0.39 is 17.7 Å². The highest BCUT2D eigenvalue weighted by molar-refractivity contribution is 9.10. The average Bonchev–Trinajstić information content (AvgIpc) is 2.31. The van der Waals surface area contributed by atoms with E-state index in [2.05, 4.69) is 15.9 Å². The van der Waals surface area contributed by atoms with Crippen LogP contribution in [0.4, 0.5) is 13.2 Å². The van der Waals surface area contributed by atoms with Crippen molar-refractivity contribution in [3.63, 3.8) is 0 Å². The molecular weight excluding hydrogens is 319 g/mol. The van der Waals surface area contributed by atoms with Crippen LogP contribution in [0.25, 0.3) is 0 Å². The fourth-order valence-electron chi connectivity index (χ4n) is 1.84. The molecule has 0 heterocycles. The Morgan fingerprint density at radius 2 is 1.74 bits per heavy atom. The van der Waals surface area contributed by atoms with Gasteiger partial charge in [0.1, 0.15) is 5.82 Å². The lowest BCUT2D eigenvalue weighted by Crippen LogP contribution is -2.14. The minimum absolute atomic E-state index is 0.335. The Balaban J connectivity index is 2.20. The number of rotatable bonds is 3. The zero-order valence-electron chi connectivity index (χ0n) is 9.84. The maximum atomic E-state index is 13.2. The molecule has 0 aromatic heterocycles. The lowest BCUT2D eigenvalue weighted by atomic mass is 9.99. The molecule has 2 N–H and O–H groups in total. The van der Waals surface area contributed by atoms with Crippen molar-refractivity contribution in [3.05, 3.63) is 69.4 Å². The van der Waals surface area contributed by atoms with Crippen LogP contribution in [0, 0.1) is 17.5 Å². The van der Waals surface area contributed by atoms with Gasteiger partial charge in [0, 0.05) is 10.5 Å². The van der Waals surface area contributed by atoms with Gasteiger partial charge >= 0.3 is 0 Å². The Bertz CT molecular complexity index is 581. The Morgan fingerprint density at radius 1 is 1.00 bits per heavy atom. The normalized spacial score (nSPS) is 12.5. The molecule has 5 heteroatoms. The van der Waals surface area contributed by atoms with Crippen molar-refractivity contribution in [2.45, 2.75) is 12.5 Å². The first-order valence-corrected chi connectivity index (χ1v) is 6.40. The van der Waals surface area contributed by atoms with Gasteiger partial charge in [0.25, 0.3) is 0 Å². The molecule has 0 aliphatic heterocycles. The largest absolute Gasteiger partial charge is 0.324 e. The van der Waals surface area contributed by atoms with E-state index in [-0.39, 0.29) is 5.82 Å². The first kappa shape index (κ1) is 14.1. The molecule has 19 heavy (non-hydrogen) atoms. The van der Waals surface area contributed by atoms with E-state index in [0.29, 0.717) is 22.0 Å². The van der Waals surface area contributed by atoms with Crippen molar-refractivity contribution in [1.29, 1.82) is 0 Å². The summed E-state index contributed by atoms with van der Waals surface area (Å²) in [6.07, 6.45) is 0.335. The Hall–Kier alpha value is -1.33. The SMILES string of the molecule is NC(Cc1cc(F)cc(Br)c1)c1ccc(F)c(F)c1. The highest BCUT2D eigenvalue weighted by Gasteiger charge is 2.11. The summed E-state index contributed by atoms with van der Waals surface area (Å²) in [6.45, 7) is 0. The predicted molar refractivity (Wildman–Crippen MR) is 71.1 cm³/mol. The quantitative estimate of drug-likeness (QED) is 0.901. The molecule has 0 aliphatic carbocycles. The Labute approximate surface area is 117 Å². The summed E-state index contributed by atoms with van der Waals surface area (Å²) in [7, 11) is 0. The van der Waals surface area contributed by atoms with Gasteiger partial charge in [-0.1, -0.05) is 22.0 Å². The van der Waals surface area contributed by atoms with Gasteiger partial charge in [0.05, 0.1) is 0 Å². The van der Waals surface area contributed by atoms with Crippen molar-refractivity contribution in [2.75, 3.05) is 0 Å². The van der Waals surface area contributed by atoms with E-state index in [4.69, 9.17) is 5.73 Å². The number of hydrogen-bond acceptors (Lipinski definition) is 1. The average molecular weight is 330 g/mol. The molecule has 0 spiro atoms. The van der Waals surface area contributed by atoms with E-state index in [1.165, 1.54) is 18.2 Å². The van der Waals surface area contributed by atoms with Crippen molar-refractivity contribution in [2.24, 2.45) is 5.73 Å². The van der Waals surface area contributed by atoms with Gasteiger partial charge in [-0.25, -0.2) is 13.2 Å². The third-order valence-corrected chi connectivity index (χ3v) is 3.21. The first-order valence-electron chi connectivity index (χ1n) is 5.61. The zero-order valence-corrected chi connectivity index (χ0v) is 11.4. The maximum absolute atomic E-state index is 13.2. The smallest absolute Gasteiger partial charge is 0.159 e. The van der Waals surface area contributed by atoms with Crippen molar-refractivity contribution < 1.29 is 13.2 Å². The second-order valence-electron chi connectivity index (χ2n) is 4.26. The molecule has 1 atom stereocenters. The van der Waals surface area contributed by atoms with Gasteiger partial charge in [0.2, 0.25) is 0 Å². The van der Waals surface area contributed by atoms with Gasteiger partial charge in [-0.05, 0) is 47.9 Å². The summed E-state index contributed by atoms with van der Waals surface area (Å²) in [5, 5.41) is 0. The van der Waals surface area contributed by atoms with E-state index in [1.54, 1.807) is 6.07 Å². The third kappa shape index (κ3) is 3.58. The van der Waals surface area contributed by atoms with Gasteiger partial charge < -0.3 is 5.73 Å². The molecule has 0 fully saturated rings. The second-order valence-corrected chi connectivity index (χ2v) is 5.18. The van der Waals surface area contributed by atoms with Crippen LogP contribution in [0.2, 0.25) is 0 Å². The van der Waals surface area contributed by atoms with E-state index in [0.717, 1.165) is 12.1 Å². The minimum Gasteiger partial charge on any atom is -0.324 e. The van der Waals surface area contributed by atoms with Crippen molar-refractivity contribution in [1.82, 2.24) is 0 Å². The number of benzene rings is 2. The predicted octanol–water partition coefficient (Wildman–Crippen LogP) is 4.11. The summed E-state index contributed by atoms with van der Waals surface area (Å²) in [4.78, 5) is 0. The maximum Gasteiger partial charge on any atom is 0.159 e. The lowest BCUT2D eigenvalue weighted by Gasteiger charge is -2.13. The van der Waals surface area contributed by atoms with Crippen LogP contribution in [-0.2, 0) is 6.42 Å². The highest BCUT2D eigenvalue weighted by Crippen LogP contribution is 2.21. The van der Waals surface area contributed by atoms with Crippen LogP contribution in [0.3, 0.4) is 0 Å². The van der Waals surface area contributed by atoms with E-state index >= 15 is 0 Å². The molecule has 0 saturated heterocycles. The molecule has 2 aromatic carbocycles. The number of hydrogen-bond donors (Lipinski definition) is 1. The third-order valence-electron chi connectivity index (χ3n) is 2.75. The molecule has 2 rings (SSSR count). The second kappa shape index (κ2) is 5.75. The summed E-state index contributed by atoms with van der Waals surface area (Å²) >= 11 is 3.19. The van der Waals surface area contributed by atoms with Crippen molar-refractivity contribution in [3.8, 4) is 0 Å². The van der Waals surface area contributed by atoms with E-state index in [9.17, 15) is 13.2 Å². The molecular formula is C14H11BrF3N. The molecule has 0 saturated carbocycles. The fraction of sp³-hybridized carbons (Fsp3) is 0.143. The Morgan fingerprint density at radius 3 is 2.37 bits per heavy atom. The molecule has 2 aromatic rings. The fourth-order valence-corrected chi connectivity index (χ4v) is 2.36. The first-order chi connectivity index (χ1) is 8.95. The van der Waals surface area contributed by atoms with Crippen LogP contribution in [0.5, 0.6) is 0 Å². The molecule has 0 amide bonds. The van der Waals surface area contributed by atoms with Crippen LogP contribution in [0.15, 0.2) is 40.9 Å². The standard InChI is InChI=1S/C14H11BrF3N/c15-10-3-8(4-11(16)7-10)5-14(19)9-1-2-12(17)13(18)6-9/h1-4,6-7,14H,5,19H2. The minimum atomic E-state index is -0.937. The monoisotopic (exact) mass is 329 g/mol. The van der Waals surface area contributed by atoms with E-state index in [1.807, 2.05) is 0 Å². The van der Waals surface area contributed by atoms with Crippen LogP contribution < -0.4 is 5.73 Å². The molecule has 1 unspecified atom stereocenters. The van der Waals surface area contributed by atoms with Gasteiger partial charge in [-0.15, -0.1) is 0 Å². The van der Waals surface area contributed by atoms with Crippen LogP contribution >= 0.6 is 15.9 Å². The molecule has 1 nitrogen and oxygen atoms in total. The van der Waals surface area contributed by atoms with Crippen LogP contribution in [0.1, 0.15) is 17.2 Å². The Kier molecular flexibility index (Phi) is 4.27. The topological polar surface area (TPSA) is 26.0 Å². The summed E-state index contributed by atoms with van der Waals surface area (Å²) in [5.41, 5.74) is 7.08. The molecule has 100 valence electrons. The molecule has 0 radical (unpaired) electrons. The van der Waals surface area contributed by atoms with Gasteiger partial charge in [0.15, 0.2) is 11.6 Å². The molecule has 0 bridgehead atoms. The summed E-state index contributed by atoms with van der Waals surface area (Å²) < 4.78 is 39.8. The van der Waals surface area contributed by atoms with Crippen molar-refractivity contribution >= 4 is 15.9 Å². The number of halogens is 4.